The van der Waals surface area contributed by atoms with Gasteiger partial charge in [-0.15, -0.1) is 0 Å². The van der Waals surface area contributed by atoms with Crippen molar-refractivity contribution in [2.75, 3.05) is 26.3 Å². The van der Waals surface area contributed by atoms with Crippen LogP contribution in [0.2, 0.25) is 0 Å². The highest BCUT2D eigenvalue weighted by Gasteiger charge is 2.73. The molecule has 2 aliphatic heterocycles. The van der Waals surface area contributed by atoms with Gasteiger partial charge in [0.15, 0.2) is 0 Å². The summed E-state index contributed by atoms with van der Waals surface area (Å²) in [7, 11) is 0. The minimum Gasteiger partial charge on any atom is -0.381 e. The summed E-state index contributed by atoms with van der Waals surface area (Å²) < 4.78 is 6.08. The van der Waals surface area contributed by atoms with Crippen LogP contribution < -0.4 is 5.32 Å². The van der Waals surface area contributed by atoms with Crippen molar-refractivity contribution in [1.82, 2.24) is 10.2 Å². The summed E-state index contributed by atoms with van der Waals surface area (Å²) in [5.41, 5.74) is 1.93. The molecule has 5 saturated carbocycles. The van der Waals surface area contributed by atoms with Gasteiger partial charge in [0.2, 0.25) is 5.91 Å². The van der Waals surface area contributed by atoms with Gasteiger partial charge < -0.3 is 10.1 Å². The van der Waals surface area contributed by atoms with Crippen molar-refractivity contribution in [3.05, 3.63) is 35.9 Å². The number of rotatable bonds is 6. The number of hydrogen-bond donors (Lipinski definition) is 1. The molecule has 8 rings (SSSR count). The summed E-state index contributed by atoms with van der Waals surface area (Å²) in [4.78, 5) is 16.7. The predicted octanol–water partition coefficient (Wildman–Crippen LogP) is 3.89. The SMILES string of the molecule is CCOC[C@@]12CC3CC(C(=O)N[C@H]4CN5CCC6CC645)(C1)C[C@](c1ccccc1)(C3)C2. The third kappa shape index (κ3) is 2.47. The quantitative estimate of drug-likeness (QED) is 0.759. The van der Waals surface area contributed by atoms with Gasteiger partial charge in [0.1, 0.15) is 0 Å². The summed E-state index contributed by atoms with van der Waals surface area (Å²) in [5, 5.41) is 3.65. The number of nitrogens with one attached hydrogen (secondary N) is 1. The number of carbonyl (C=O) groups excluding carboxylic acids is 1. The van der Waals surface area contributed by atoms with E-state index < -0.39 is 0 Å². The van der Waals surface area contributed by atoms with E-state index in [2.05, 4.69) is 47.5 Å². The topological polar surface area (TPSA) is 41.6 Å². The number of benzene rings is 1. The number of nitrogens with zero attached hydrogens (tertiary/aromatic N) is 1. The summed E-state index contributed by atoms with van der Waals surface area (Å²) in [5.74, 6) is 1.89. The first kappa shape index (κ1) is 19.1. The minimum absolute atomic E-state index is 0.147. The smallest absolute Gasteiger partial charge is 0.226 e. The number of carbonyl (C=O) groups is 1. The van der Waals surface area contributed by atoms with Crippen molar-refractivity contribution in [1.29, 1.82) is 0 Å². The van der Waals surface area contributed by atoms with Crippen LogP contribution in [-0.4, -0.2) is 48.7 Å². The lowest BCUT2D eigenvalue weighted by molar-refractivity contribution is -0.174. The lowest BCUT2D eigenvalue weighted by Gasteiger charge is -2.66. The zero-order chi connectivity index (χ0) is 20.9. The molecule has 31 heavy (non-hydrogen) atoms. The molecule has 166 valence electrons. The molecule has 2 saturated heterocycles. The van der Waals surface area contributed by atoms with E-state index in [1.807, 2.05) is 0 Å². The van der Waals surface area contributed by atoms with Crippen LogP contribution in [-0.2, 0) is 14.9 Å². The van der Waals surface area contributed by atoms with Crippen molar-refractivity contribution < 1.29 is 9.53 Å². The molecule has 7 aliphatic rings. The van der Waals surface area contributed by atoms with E-state index in [-0.39, 0.29) is 16.2 Å². The van der Waals surface area contributed by atoms with Crippen molar-refractivity contribution >= 4 is 5.91 Å². The maximum absolute atomic E-state index is 14.1. The summed E-state index contributed by atoms with van der Waals surface area (Å²) >= 11 is 0. The fourth-order valence-corrected chi connectivity index (χ4v) is 9.74. The molecule has 1 spiro atoms. The van der Waals surface area contributed by atoms with E-state index in [1.54, 1.807) is 0 Å². The third-order valence-electron chi connectivity index (χ3n) is 10.4. The summed E-state index contributed by atoms with van der Waals surface area (Å²) in [6.45, 7) is 6.03. The fraction of sp³-hybridized carbons (Fsp3) is 0.741. The highest BCUT2D eigenvalue weighted by molar-refractivity contribution is 5.84. The van der Waals surface area contributed by atoms with E-state index in [1.165, 1.54) is 44.2 Å². The highest BCUT2D eigenvalue weighted by Crippen LogP contribution is 2.70. The fourth-order valence-electron chi connectivity index (χ4n) is 9.74. The second-order valence-corrected chi connectivity index (χ2v) is 12.2. The monoisotopic (exact) mass is 420 g/mol. The molecular formula is C27H36N2O2. The van der Waals surface area contributed by atoms with Crippen LogP contribution >= 0.6 is 0 Å². The third-order valence-corrected chi connectivity index (χ3v) is 10.4. The van der Waals surface area contributed by atoms with Gasteiger partial charge >= 0.3 is 0 Å². The molecule has 4 bridgehead atoms. The van der Waals surface area contributed by atoms with Crippen LogP contribution in [0.1, 0.15) is 63.9 Å². The van der Waals surface area contributed by atoms with Gasteiger partial charge in [0.05, 0.1) is 18.1 Å². The molecule has 1 amide bonds. The van der Waals surface area contributed by atoms with E-state index in [9.17, 15) is 4.79 Å². The predicted molar refractivity (Wildman–Crippen MR) is 120 cm³/mol. The lowest BCUT2D eigenvalue weighted by Crippen LogP contribution is -2.71. The van der Waals surface area contributed by atoms with E-state index in [0.717, 1.165) is 44.9 Å². The average Bonchev–Trinajstić information content (AvgIpc) is 3.45. The molecule has 4 heteroatoms. The van der Waals surface area contributed by atoms with Gasteiger partial charge in [-0.1, -0.05) is 30.3 Å². The van der Waals surface area contributed by atoms with E-state index >= 15 is 0 Å². The molecule has 0 aromatic heterocycles. The van der Waals surface area contributed by atoms with Gasteiger partial charge in [-0.25, -0.2) is 0 Å². The molecular weight excluding hydrogens is 384 g/mol. The van der Waals surface area contributed by atoms with Gasteiger partial charge in [-0.05, 0) is 93.1 Å². The molecule has 4 nitrogen and oxygen atoms in total. The van der Waals surface area contributed by atoms with E-state index in [4.69, 9.17) is 4.74 Å². The normalized spacial score (nSPS) is 48.7. The molecule has 7 atom stereocenters. The molecule has 1 aromatic rings. The van der Waals surface area contributed by atoms with Crippen LogP contribution in [0.5, 0.6) is 0 Å². The van der Waals surface area contributed by atoms with Crippen LogP contribution in [0, 0.1) is 22.7 Å². The maximum atomic E-state index is 14.1. The first-order valence-electron chi connectivity index (χ1n) is 12.7. The minimum atomic E-state index is -0.202. The Hall–Kier alpha value is -1.39. The van der Waals surface area contributed by atoms with Crippen LogP contribution in [0.4, 0.5) is 0 Å². The standard InChI is InChI=1S/C27H36N2O2/c1-2-31-18-24-10-19-11-25(15-24,20-6-4-3-5-7-20)17-26(12-19,16-24)23(30)28-22-14-29-9-8-21-13-27(21,22)29/h3-7,19,21-22H,2,8-18H2,1H3,(H,28,30)/t19?,21?,22-,24+,25-,26?,27?/m0/s1. The molecule has 2 heterocycles. The Morgan fingerprint density at radius 1 is 1.13 bits per heavy atom. The maximum Gasteiger partial charge on any atom is 0.226 e. The Morgan fingerprint density at radius 2 is 2.00 bits per heavy atom. The summed E-state index contributed by atoms with van der Waals surface area (Å²) in [6, 6.07) is 11.5. The first-order valence-corrected chi connectivity index (χ1v) is 12.7. The Labute approximate surface area is 186 Å². The van der Waals surface area contributed by atoms with Gasteiger partial charge in [0.25, 0.3) is 0 Å². The molecule has 4 unspecified atom stereocenters. The number of hydrogen-bond acceptors (Lipinski definition) is 3. The van der Waals surface area contributed by atoms with Crippen LogP contribution in [0.15, 0.2) is 30.3 Å². The van der Waals surface area contributed by atoms with Crippen molar-refractivity contribution in [3.8, 4) is 0 Å². The van der Waals surface area contributed by atoms with Crippen molar-refractivity contribution in [2.45, 2.75) is 75.3 Å². The first-order chi connectivity index (χ1) is 15.0. The lowest BCUT2D eigenvalue weighted by atomic mass is 9.38. The molecule has 1 aromatic carbocycles. The zero-order valence-corrected chi connectivity index (χ0v) is 18.9. The molecule has 1 N–H and O–H groups in total. The highest BCUT2D eigenvalue weighted by atomic mass is 16.5. The Balaban J connectivity index is 1.22. The Kier molecular flexibility index (Phi) is 3.78. The summed E-state index contributed by atoms with van der Waals surface area (Å²) in [6.07, 6.45) is 9.51. The molecule has 7 fully saturated rings. The Bertz CT molecular complexity index is 919. The van der Waals surface area contributed by atoms with Crippen LogP contribution in [0.3, 0.4) is 0 Å². The van der Waals surface area contributed by atoms with E-state index in [0.29, 0.717) is 23.4 Å². The molecule has 0 radical (unpaired) electrons. The number of ether oxygens (including phenoxy) is 1. The zero-order valence-electron chi connectivity index (χ0n) is 18.9. The second-order valence-electron chi connectivity index (χ2n) is 12.2. The molecule has 5 aliphatic carbocycles. The second kappa shape index (κ2) is 6.14. The van der Waals surface area contributed by atoms with Gasteiger partial charge in [-0.3, -0.25) is 9.69 Å². The van der Waals surface area contributed by atoms with Crippen molar-refractivity contribution in [2.24, 2.45) is 22.7 Å². The van der Waals surface area contributed by atoms with Crippen LogP contribution in [0.25, 0.3) is 0 Å². The van der Waals surface area contributed by atoms with Crippen molar-refractivity contribution in [3.63, 3.8) is 0 Å². The number of piperidine rings is 1. The largest absolute Gasteiger partial charge is 0.381 e. The Morgan fingerprint density at radius 3 is 2.77 bits per heavy atom. The average molecular weight is 421 g/mol. The number of amides is 1. The van der Waals surface area contributed by atoms with Gasteiger partial charge in [0, 0.05) is 18.7 Å². The van der Waals surface area contributed by atoms with Gasteiger partial charge in [-0.2, -0.15) is 0 Å².